The highest BCUT2D eigenvalue weighted by Gasteiger charge is 2.36. The summed E-state index contributed by atoms with van der Waals surface area (Å²) in [5, 5.41) is 3.31. The van der Waals surface area contributed by atoms with Crippen LogP contribution in [0.5, 0.6) is 5.75 Å². The van der Waals surface area contributed by atoms with E-state index in [2.05, 4.69) is 5.32 Å². The lowest BCUT2D eigenvalue weighted by Gasteiger charge is -2.18. The van der Waals surface area contributed by atoms with Crippen molar-refractivity contribution in [1.82, 2.24) is 0 Å². The molecule has 1 saturated heterocycles. The summed E-state index contributed by atoms with van der Waals surface area (Å²) in [6, 6.07) is 9.36. The third-order valence-corrected chi connectivity index (χ3v) is 4.78. The SMILES string of the molecule is COc1cc(Cl)c(C)cc1NC(=O)[C@H]1CC(=O)N(c2ccccc2F)C1. The van der Waals surface area contributed by atoms with E-state index in [1.807, 2.05) is 6.92 Å². The van der Waals surface area contributed by atoms with Crippen LogP contribution in [0, 0.1) is 18.7 Å². The minimum atomic E-state index is -0.581. The Morgan fingerprint density at radius 3 is 2.77 bits per heavy atom. The molecule has 0 saturated carbocycles. The fraction of sp³-hybridized carbons (Fsp3) is 0.263. The Labute approximate surface area is 155 Å². The number of aryl methyl sites for hydroxylation is 1. The minimum absolute atomic E-state index is 0.0229. The zero-order valence-electron chi connectivity index (χ0n) is 14.4. The molecule has 0 radical (unpaired) electrons. The summed E-state index contributed by atoms with van der Waals surface area (Å²) in [6.07, 6.45) is 0.0229. The first kappa shape index (κ1) is 18.2. The second-order valence-corrected chi connectivity index (χ2v) is 6.55. The Morgan fingerprint density at radius 2 is 2.08 bits per heavy atom. The number of hydrogen-bond donors (Lipinski definition) is 1. The van der Waals surface area contributed by atoms with Crippen LogP contribution in [0.2, 0.25) is 5.02 Å². The molecule has 2 aromatic carbocycles. The van der Waals surface area contributed by atoms with Crippen LogP contribution in [0.3, 0.4) is 0 Å². The smallest absolute Gasteiger partial charge is 0.229 e. The van der Waals surface area contributed by atoms with Crippen LogP contribution in [0.25, 0.3) is 0 Å². The molecule has 1 atom stereocenters. The third-order valence-electron chi connectivity index (χ3n) is 4.38. The quantitative estimate of drug-likeness (QED) is 0.883. The number of benzene rings is 2. The average molecular weight is 377 g/mol. The van der Waals surface area contributed by atoms with Gasteiger partial charge in [-0.2, -0.15) is 0 Å². The summed E-state index contributed by atoms with van der Waals surface area (Å²) in [7, 11) is 1.48. The fourth-order valence-electron chi connectivity index (χ4n) is 2.95. The molecule has 2 aromatic rings. The second kappa shape index (κ2) is 7.33. The molecule has 0 spiro atoms. The van der Waals surface area contributed by atoms with Crippen LogP contribution < -0.4 is 15.0 Å². The highest BCUT2D eigenvalue weighted by molar-refractivity contribution is 6.31. The van der Waals surface area contributed by atoms with Gasteiger partial charge in [0, 0.05) is 24.1 Å². The van der Waals surface area contributed by atoms with Crippen LogP contribution in [-0.2, 0) is 9.59 Å². The van der Waals surface area contributed by atoms with E-state index in [4.69, 9.17) is 16.3 Å². The predicted molar refractivity (Wildman–Crippen MR) is 98.2 cm³/mol. The summed E-state index contributed by atoms with van der Waals surface area (Å²) in [5.74, 6) is -1.24. The molecule has 1 N–H and O–H groups in total. The normalized spacial score (nSPS) is 16.7. The van der Waals surface area contributed by atoms with E-state index < -0.39 is 11.7 Å². The van der Waals surface area contributed by atoms with E-state index in [0.717, 1.165) is 5.56 Å². The van der Waals surface area contributed by atoms with Crippen molar-refractivity contribution in [3.63, 3.8) is 0 Å². The topological polar surface area (TPSA) is 58.6 Å². The molecule has 5 nitrogen and oxygen atoms in total. The van der Waals surface area contributed by atoms with E-state index >= 15 is 0 Å². The Kier molecular flexibility index (Phi) is 5.13. The summed E-state index contributed by atoms with van der Waals surface area (Å²) in [4.78, 5) is 26.2. The lowest BCUT2D eigenvalue weighted by molar-refractivity contribution is -0.122. The highest BCUT2D eigenvalue weighted by atomic mass is 35.5. The first-order valence-electron chi connectivity index (χ1n) is 8.10. The number of ether oxygens (including phenoxy) is 1. The maximum Gasteiger partial charge on any atom is 0.229 e. The first-order valence-corrected chi connectivity index (χ1v) is 8.48. The number of nitrogens with zero attached hydrogens (tertiary/aromatic N) is 1. The Balaban J connectivity index is 1.77. The molecule has 1 fully saturated rings. The Bertz CT molecular complexity index is 872. The van der Waals surface area contributed by atoms with Gasteiger partial charge in [0.15, 0.2) is 0 Å². The van der Waals surface area contributed by atoms with Gasteiger partial charge in [-0.05, 0) is 30.7 Å². The summed E-state index contributed by atoms with van der Waals surface area (Å²) < 4.78 is 19.2. The predicted octanol–water partition coefficient (Wildman–Crippen LogP) is 3.79. The van der Waals surface area contributed by atoms with Gasteiger partial charge in [0.1, 0.15) is 11.6 Å². The van der Waals surface area contributed by atoms with Gasteiger partial charge in [-0.15, -0.1) is 0 Å². The van der Waals surface area contributed by atoms with Gasteiger partial charge >= 0.3 is 0 Å². The van der Waals surface area contributed by atoms with Crippen molar-refractivity contribution in [2.24, 2.45) is 5.92 Å². The van der Waals surface area contributed by atoms with Crippen molar-refractivity contribution in [2.45, 2.75) is 13.3 Å². The molecule has 136 valence electrons. The maximum absolute atomic E-state index is 13.9. The van der Waals surface area contributed by atoms with Gasteiger partial charge in [-0.1, -0.05) is 23.7 Å². The highest BCUT2D eigenvalue weighted by Crippen LogP contribution is 2.33. The number of carbonyl (C=O) groups is 2. The summed E-state index contributed by atoms with van der Waals surface area (Å²) in [5.41, 5.74) is 1.46. The lowest BCUT2D eigenvalue weighted by atomic mass is 10.1. The molecular formula is C19H18ClFN2O3. The van der Waals surface area contributed by atoms with E-state index in [1.54, 1.807) is 24.3 Å². The minimum Gasteiger partial charge on any atom is -0.495 e. The van der Waals surface area contributed by atoms with E-state index in [1.165, 1.54) is 24.1 Å². The van der Waals surface area contributed by atoms with Gasteiger partial charge in [-0.3, -0.25) is 9.59 Å². The number of carbonyl (C=O) groups excluding carboxylic acids is 2. The molecule has 7 heteroatoms. The van der Waals surface area contributed by atoms with Gasteiger partial charge < -0.3 is 15.0 Å². The number of rotatable bonds is 4. The van der Waals surface area contributed by atoms with E-state index in [9.17, 15) is 14.0 Å². The van der Waals surface area contributed by atoms with Gasteiger partial charge in [-0.25, -0.2) is 4.39 Å². The molecular weight excluding hydrogens is 359 g/mol. The van der Waals surface area contributed by atoms with Crippen LogP contribution in [0.4, 0.5) is 15.8 Å². The molecule has 0 unspecified atom stereocenters. The summed E-state index contributed by atoms with van der Waals surface area (Å²) in [6.45, 7) is 1.94. The third kappa shape index (κ3) is 3.51. The molecule has 0 aliphatic carbocycles. The Hall–Kier alpha value is -2.60. The number of anilines is 2. The van der Waals surface area contributed by atoms with Gasteiger partial charge in [0.05, 0.1) is 24.4 Å². The van der Waals surface area contributed by atoms with E-state index in [-0.39, 0.29) is 30.5 Å². The number of nitrogens with one attached hydrogen (secondary N) is 1. The van der Waals surface area contributed by atoms with Gasteiger partial charge in [0.25, 0.3) is 0 Å². The van der Waals surface area contributed by atoms with Crippen molar-refractivity contribution in [3.8, 4) is 5.75 Å². The molecule has 3 rings (SSSR count). The number of amides is 2. The lowest BCUT2D eigenvalue weighted by Crippen LogP contribution is -2.28. The second-order valence-electron chi connectivity index (χ2n) is 6.15. The number of halogens is 2. The molecule has 1 aliphatic rings. The largest absolute Gasteiger partial charge is 0.495 e. The average Bonchev–Trinajstić information content (AvgIpc) is 3.00. The Morgan fingerprint density at radius 1 is 1.35 bits per heavy atom. The molecule has 26 heavy (non-hydrogen) atoms. The summed E-state index contributed by atoms with van der Waals surface area (Å²) >= 11 is 6.07. The number of methoxy groups -OCH3 is 1. The zero-order valence-corrected chi connectivity index (χ0v) is 15.1. The van der Waals surface area contributed by atoms with Crippen molar-refractivity contribution < 1.29 is 18.7 Å². The van der Waals surface area contributed by atoms with E-state index in [0.29, 0.717) is 16.5 Å². The standard InChI is InChI=1S/C19H18ClFN2O3/c1-11-7-15(17(26-2)9-13(11)20)22-19(25)12-8-18(24)23(10-12)16-6-4-3-5-14(16)21/h3-7,9,12H,8,10H2,1-2H3,(H,22,25)/t12-/m0/s1. The van der Waals surface area contributed by atoms with Crippen molar-refractivity contribution in [3.05, 3.63) is 52.8 Å². The van der Waals surface area contributed by atoms with Crippen molar-refractivity contribution >= 4 is 34.8 Å². The zero-order chi connectivity index (χ0) is 18.8. The van der Waals surface area contributed by atoms with Crippen LogP contribution >= 0.6 is 11.6 Å². The van der Waals surface area contributed by atoms with Gasteiger partial charge in [0.2, 0.25) is 11.8 Å². The van der Waals surface area contributed by atoms with Crippen molar-refractivity contribution in [2.75, 3.05) is 23.9 Å². The van der Waals surface area contributed by atoms with Crippen LogP contribution in [0.1, 0.15) is 12.0 Å². The molecule has 0 aromatic heterocycles. The molecule has 0 bridgehead atoms. The number of para-hydroxylation sites is 1. The first-order chi connectivity index (χ1) is 12.4. The monoisotopic (exact) mass is 376 g/mol. The number of hydrogen-bond acceptors (Lipinski definition) is 3. The maximum atomic E-state index is 13.9. The molecule has 2 amide bonds. The molecule has 1 aliphatic heterocycles. The fourth-order valence-corrected chi connectivity index (χ4v) is 3.10. The molecule has 1 heterocycles. The van der Waals surface area contributed by atoms with Crippen molar-refractivity contribution in [1.29, 1.82) is 0 Å². The van der Waals surface area contributed by atoms with Crippen LogP contribution in [-0.4, -0.2) is 25.5 Å². The van der Waals surface area contributed by atoms with Crippen LogP contribution in [0.15, 0.2) is 36.4 Å².